The van der Waals surface area contributed by atoms with Crippen molar-refractivity contribution in [2.45, 2.75) is 18.7 Å². The second-order valence-electron chi connectivity index (χ2n) is 6.96. The van der Waals surface area contributed by atoms with Crippen molar-refractivity contribution in [3.05, 3.63) is 59.7 Å². The van der Waals surface area contributed by atoms with Gasteiger partial charge in [-0.15, -0.1) is 0 Å². The number of amides is 1. The Morgan fingerprint density at radius 1 is 1.37 bits per heavy atom. The molecule has 27 heavy (non-hydrogen) atoms. The fourth-order valence-electron chi connectivity index (χ4n) is 3.62. The van der Waals surface area contributed by atoms with E-state index in [1.165, 1.54) is 13.2 Å². The van der Waals surface area contributed by atoms with E-state index in [1.807, 2.05) is 6.20 Å². The molecule has 0 spiro atoms. The summed E-state index contributed by atoms with van der Waals surface area (Å²) in [7, 11) is 1.81. The van der Waals surface area contributed by atoms with Crippen molar-refractivity contribution < 1.29 is 13.9 Å². The van der Waals surface area contributed by atoms with Crippen molar-refractivity contribution >= 4 is 19.8 Å². The van der Waals surface area contributed by atoms with Crippen molar-refractivity contribution in [3.8, 4) is 5.75 Å². The minimum absolute atomic E-state index is 0.00764. The van der Waals surface area contributed by atoms with Gasteiger partial charge in [0.25, 0.3) is 5.91 Å². The summed E-state index contributed by atoms with van der Waals surface area (Å²) in [6.07, 6.45) is 7.78. The first kappa shape index (κ1) is 18.2. The molecule has 1 saturated heterocycles. The fourth-order valence-corrected chi connectivity index (χ4v) is 5.00. The number of allylic oxidation sites excluding steroid dienone is 1. The molecule has 1 N–H and O–H groups in total. The van der Waals surface area contributed by atoms with Crippen LogP contribution in [0.1, 0.15) is 12.5 Å². The molecule has 142 valence electrons. The zero-order valence-corrected chi connectivity index (χ0v) is 16.4. The van der Waals surface area contributed by atoms with Crippen molar-refractivity contribution in [1.29, 1.82) is 0 Å². The van der Waals surface area contributed by atoms with Gasteiger partial charge >= 0.3 is 0 Å². The summed E-state index contributed by atoms with van der Waals surface area (Å²) in [6.45, 7) is 4.97. The van der Waals surface area contributed by atoms with Crippen LogP contribution in [-0.4, -0.2) is 54.3 Å². The van der Waals surface area contributed by atoms with Gasteiger partial charge in [0.1, 0.15) is 0 Å². The van der Waals surface area contributed by atoms with E-state index in [1.54, 1.807) is 23.1 Å². The zero-order chi connectivity index (χ0) is 19.0. The normalized spacial score (nSPS) is 26.0. The minimum Gasteiger partial charge on any atom is -0.494 e. The number of ether oxygens (including phenoxy) is 1. The number of nitrogens with zero attached hydrogens (tertiary/aromatic N) is 2. The third-order valence-corrected chi connectivity index (χ3v) is 6.55. The zero-order valence-electron chi connectivity index (χ0n) is 15.4. The van der Waals surface area contributed by atoms with E-state index >= 15 is 0 Å². The number of halogens is 1. The van der Waals surface area contributed by atoms with Crippen LogP contribution in [0.3, 0.4) is 0 Å². The van der Waals surface area contributed by atoms with E-state index in [2.05, 4.69) is 29.3 Å². The smallest absolute Gasteiger partial charge is 0.252 e. The van der Waals surface area contributed by atoms with Crippen LogP contribution in [0.15, 0.2) is 48.3 Å². The number of hydrogen-bond acceptors (Lipinski definition) is 4. The molecule has 3 aliphatic heterocycles. The Labute approximate surface area is 160 Å². The average molecular weight is 387 g/mol. The Morgan fingerprint density at radius 2 is 2.22 bits per heavy atom. The molecule has 7 heteroatoms. The Morgan fingerprint density at radius 3 is 2.96 bits per heavy atom. The van der Waals surface area contributed by atoms with Crippen LogP contribution in [0.2, 0.25) is 0 Å². The first-order chi connectivity index (χ1) is 13.0. The lowest BCUT2D eigenvalue weighted by molar-refractivity contribution is -0.123. The molecule has 0 radical (unpaired) electrons. The Bertz CT molecular complexity index is 852. The van der Waals surface area contributed by atoms with Gasteiger partial charge in [-0.3, -0.25) is 4.79 Å². The molecule has 0 aromatic heterocycles. The summed E-state index contributed by atoms with van der Waals surface area (Å²) in [4.78, 5) is 16.8. The second-order valence-corrected chi connectivity index (χ2v) is 8.38. The maximum absolute atomic E-state index is 14.0. The van der Waals surface area contributed by atoms with Crippen molar-refractivity contribution in [1.82, 2.24) is 15.1 Å². The molecule has 5 nitrogen and oxygen atoms in total. The van der Waals surface area contributed by atoms with Crippen LogP contribution < -0.4 is 10.1 Å². The largest absolute Gasteiger partial charge is 0.494 e. The SMILES string of the molecule is COc1ccc(C2=CC(=O)N3C=C(N4CCN[C@H](C)C4)C=CC3P2)cc1F. The third kappa shape index (κ3) is 3.64. The summed E-state index contributed by atoms with van der Waals surface area (Å²) in [5.41, 5.74) is 1.81. The third-order valence-electron chi connectivity index (χ3n) is 5.04. The number of carbonyl (C=O) groups excluding carboxylic acids is 1. The number of fused-ring (bicyclic) bond motifs is 1. The molecule has 3 aliphatic rings. The molecule has 0 bridgehead atoms. The van der Waals surface area contributed by atoms with Crippen LogP contribution in [0, 0.1) is 5.82 Å². The predicted octanol–water partition coefficient (Wildman–Crippen LogP) is 2.73. The maximum atomic E-state index is 14.0. The highest BCUT2D eigenvalue weighted by atomic mass is 31.1. The molecule has 1 amide bonds. The number of benzene rings is 1. The van der Waals surface area contributed by atoms with Crippen LogP contribution in [0.5, 0.6) is 5.75 Å². The van der Waals surface area contributed by atoms with Gasteiger partial charge in [-0.1, -0.05) is 20.7 Å². The Hall–Kier alpha value is -2.17. The maximum Gasteiger partial charge on any atom is 0.252 e. The Kier molecular flexibility index (Phi) is 5.02. The summed E-state index contributed by atoms with van der Waals surface area (Å²) in [5.74, 6) is -0.270. The lowest BCUT2D eigenvalue weighted by Crippen LogP contribution is -2.49. The first-order valence-corrected chi connectivity index (χ1v) is 10.2. The topological polar surface area (TPSA) is 44.8 Å². The molecule has 0 aliphatic carbocycles. The summed E-state index contributed by atoms with van der Waals surface area (Å²) in [5, 5.41) is 4.31. The van der Waals surface area contributed by atoms with Gasteiger partial charge < -0.3 is 19.9 Å². The van der Waals surface area contributed by atoms with Gasteiger partial charge in [-0.2, -0.15) is 0 Å². The van der Waals surface area contributed by atoms with Crippen molar-refractivity contribution in [2.75, 3.05) is 26.7 Å². The first-order valence-electron chi connectivity index (χ1n) is 9.08. The van der Waals surface area contributed by atoms with Crippen LogP contribution in [0.4, 0.5) is 4.39 Å². The van der Waals surface area contributed by atoms with Gasteiger partial charge in [0.2, 0.25) is 0 Å². The molecule has 1 aromatic rings. The van der Waals surface area contributed by atoms with E-state index in [9.17, 15) is 9.18 Å². The predicted molar refractivity (Wildman–Crippen MR) is 106 cm³/mol. The van der Waals surface area contributed by atoms with Gasteiger partial charge in [-0.25, -0.2) is 4.39 Å². The number of hydrogen-bond donors (Lipinski definition) is 1. The quantitative estimate of drug-likeness (QED) is 0.811. The highest BCUT2D eigenvalue weighted by molar-refractivity contribution is 7.51. The van der Waals surface area contributed by atoms with E-state index < -0.39 is 5.82 Å². The summed E-state index contributed by atoms with van der Waals surface area (Å²) < 4.78 is 19.0. The van der Waals surface area contributed by atoms with Crippen molar-refractivity contribution in [2.24, 2.45) is 0 Å². The standard InChI is InChI=1S/C20H23FN3O2P/c1-13-11-23(8-7-22-13)15-4-6-20-24(12-15)19(25)10-18(27-20)14-3-5-17(26-2)16(21)9-14/h3-6,9-10,12-13,20,22,27H,7-8,11H2,1-2H3/t13-,20?/m1/s1. The highest BCUT2D eigenvalue weighted by Gasteiger charge is 2.30. The van der Waals surface area contributed by atoms with Gasteiger partial charge in [0.15, 0.2) is 11.6 Å². The lowest BCUT2D eigenvalue weighted by atomic mass is 10.1. The molecular formula is C20H23FN3O2P. The number of piperazine rings is 1. The van der Waals surface area contributed by atoms with E-state index in [0.29, 0.717) is 14.6 Å². The molecule has 4 rings (SSSR count). The second kappa shape index (κ2) is 7.45. The Balaban J connectivity index is 1.56. The molecule has 3 heterocycles. The summed E-state index contributed by atoms with van der Waals surface area (Å²) >= 11 is 0. The van der Waals surface area contributed by atoms with E-state index in [-0.39, 0.29) is 17.4 Å². The molecule has 1 fully saturated rings. The molecule has 0 saturated carbocycles. The highest BCUT2D eigenvalue weighted by Crippen LogP contribution is 2.45. The van der Waals surface area contributed by atoms with Gasteiger partial charge in [-0.05, 0) is 36.0 Å². The van der Waals surface area contributed by atoms with Crippen LogP contribution >= 0.6 is 8.58 Å². The molecule has 3 atom stereocenters. The number of rotatable bonds is 3. The average Bonchev–Trinajstić information content (AvgIpc) is 2.67. The number of methoxy groups -OCH3 is 1. The number of nitrogens with one attached hydrogen (secondary N) is 1. The van der Waals surface area contributed by atoms with Gasteiger partial charge in [0.05, 0.1) is 18.6 Å². The van der Waals surface area contributed by atoms with E-state index in [0.717, 1.165) is 36.2 Å². The van der Waals surface area contributed by atoms with Crippen LogP contribution in [-0.2, 0) is 4.79 Å². The minimum atomic E-state index is -0.412. The van der Waals surface area contributed by atoms with E-state index in [4.69, 9.17) is 4.74 Å². The van der Waals surface area contributed by atoms with Crippen molar-refractivity contribution in [3.63, 3.8) is 0 Å². The lowest BCUT2D eigenvalue weighted by Gasteiger charge is -2.39. The monoisotopic (exact) mass is 387 g/mol. The van der Waals surface area contributed by atoms with Gasteiger partial charge in [0, 0.05) is 38.0 Å². The molecule has 2 unspecified atom stereocenters. The number of carbonyl (C=O) groups is 1. The van der Waals surface area contributed by atoms with Crippen LogP contribution in [0.25, 0.3) is 5.31 Å². The fraction of sp³-hybridized carbons (Fsp3) is 0.350. The summed E-state index contributed by atoms with van der Waals surface area (Å²) in [6, 6.07) is 5.28. The molecular weight excluding hydrogens is 364 g/mol. The molecule has 1 aromatic carbocycles.